The molecular weight excluding hydrogens is 332 g/mol. The van der Waals surface area contributed by atoms with Gasteiger partial charge in [0.1, 0.15) is 5.60 Å². The van der Waals surface area contributed by atoms with Gasteiger partial charge in [-0.3, -0.25) is 4.89 Å². The molecule has 0 aromatic rings. The molecular formula is C25H42O2. The fourth-order valence-electron chi connectivity index (χ4n) is 3.36. The van der Waals surface area contributed by atoms with Gasteiger partial charge in [0, 0.05) is 17.3 Å². The quantitative estimate of drug-likeness (QED) is 0.163. The van der Waals surface area contributed by atoms with E-state index in [9.17, 15) is 0 Å². The van der Waals surface area contributed by atoms with Crippen LogP contribution in [0.15, 0.2) is 23.8 Å². The third-order valence-electron chi connectivity index (χ3n) is 6.61. The Morgan fingerprint density at radius 2 is 1.52 bits per heavy atom. The summed E-state index contributed by atoms with van der Waals surface area (Å²) < 4.78 is 0. The second-order valence-electron chi connectivity index (χ2n) is 10.9. The minimum absolute atomic E-state index is 0.0436. The molecule has 2 atom stereocenters. The molecule has 0 spiro atoms. The summed E-state index contributed by atoms with van der Waals surface area (Å²) >= 11 is 0. The summed E-state index contributed by atoms with van der Waals surface area (Å²) in [4.78, 5) is 11.2. The Labute approximate surface area is 168 Å². The first-order chi connectivity index (χ1) is 12.1. The lowest BCUT2D eigenvalue weighted by atomic mass is 9.53. The van der Waals surface area contributed by atoms with E-state index in [-0.39, 0.29) is 21.7 Å². The summed E-state index contributed by atoms with van der Waals surface area (Å²) in [7, 11) is 0. The predicted octanol–water partition coefficient (Wildman–Crippen LogP) is 7.47. The first-order valence-corrected chi connectivity index (χ1v) is 10.4. The monoisotopic (exact) mass is 374 g/mol. The fraction of sp³-hybridized carbons (Fsp3) is 0.760. The molecule has 1 aliphatic rings. The topological polar surface area (TPSA) is 18.5 Å². The van der Waals surface area contributed by atoms with E-state index in [1.165, 1.54) is 5.57 Å². The van der Waals surface area contributed by atoms with E-state index in [0.717, 1.165) is 19.3 Å². The van der Waals surface area contributed by atoms with Crippen LogP contribution in [0.4, 0.5) is 0 Å². The van der Waals surface area contributed by atoms with Crippen LogP contribution >= 0.6 is 0 Å². The van der Waals surface area contributed by atoms with Crippen LogP contribution in [-0.2, 0) is 9.78 Å². The Kier molecular flexibility index (Phi) is 7.10. The summed E-state index contributed by atoms with van der Waals surface area (Å²) in [6.45, 7) is 24.6. The highest BCUT2D eigenvalue weighted by Crippen LogP contribution is 2.57. The van der Waals surface area contributed by atoms with Gasteiger partial charge in [0.25, 0.3) is 0 Å². The predicted molar refractivity (Wildman–Crippen MR) is 116 cm³/mol. The van der Waals surface area contributed by atoms with Gasteiger partial charge in [0.15, 0.2) is 6.11 Å². The first-order valence-electron chi connectivity index (χ1n) is 10.4. The van der Waals surface area contributed by atoms with Gasteiger partial charge < -0.3 is 0 Å². The van der Waals surface area contributed by atoms with Gasteiger partial charge in [-0.2, -0.15) is 4.89 Å². The Hall–Kier alpha value is -1.20. The summed E-state index contributed by atoms with van der Waals surface area (Å²) in [5, 5.41) is 0. The third kappa shape index (κ3) is 5.20. The fourth-order valence-corrected chi connectivity index (χ4v) is 3.36. The molecule has 2 heteroatoms. The van der Waals surface area contributed by atoms with Crippen molar-refractivity contribution < 1.29 is 9.78 Å². The van der Waals surface area contributed by atoms with E-state index in [1.54, 1.807) is 0 Å². The molecule has 0 amide bonds. The van der Waals surface area contributed by atoms with E-state index in [0.29, 0.717) is 0 Å². The van der Waals surface area contributed by atoms with Crippen LogP contribution in [0.2, 0.25) is 0 Å². The summed E-state index contributed by atoms with van der Waals surface area (Å²) in [6.07, 6.45) is 12.9. The molecule has 0 N–H and O–H groups in total. The van der Waals surface area contributed by atoms with Gasteiger partial charge in [-0.15, -0.1) is 0 Å². The molecule has 0 fully saturated rings. The van der Waals surface area contributed by atoms with Crippen LogP contribution < -0.4 is 0 Å². The van der Waals surface area contributed by atoms with Crippen LogP contribution in [0.25, 0.3) is 0 Å². The molecule has 0 aromatic heterocycles. The number of hydrogen-bond donors (Lipinski definition) is 0. The van der Waals surface area contributed by atoms with Crippen LogP contribution in [0, 0.1) is 33.7 Å². The lowest BCUT2D eigenvalue weighted by Gasteiger charge is -2.52. The molecule has 0 aromatic carbocycles. The molecule has 154 valence electrons. The van der Waals surface area contributed by atoms with Gasteiger partial charge in [0.05, 0.1) is 0 Å². The maximum Gasteiger partial charge on any atom is 0.157 e. The van der Waals surface area contributed by atoms with E-state index < -0.39 is 5.60 Å². The van der Waals surface area contributed by atoms with E-state index in [2.05, 4.69) is 106 Å². The molecule has 0 bridgehead atoms. The zero-order chi connectivity index (χ0) is 21.1. The lowest BCUT2D eigenvalue weighted by Crippen LogP contribution is -2.46. The summed E-state index contributed by atoms with van der Waals surface area (Å²) in [6, 6.07) is 0. The molecule has 1 rings (SSSR count). The van der Waals surface area contributed by atoms with Crippen molar-refractivity contribution in [3.8, 4) is 12.0 Å². The van der Waals surface area contributed by atoms with E-state index >= 15 is 0 Å². The normalized spacial score (nSPS) is 26.3. The minimum Gasteiger partial charge on any atom is -0.282 e. The second kappa shape index (κ2) is 8.04. The number of rotatable bonds is 5. The molecule has 0 radical (unpaired) electrons. The standard InChI is InChI=1S/C25H42O2/c1-12-13-14-15-18-26-27-23(8,9)20-19-24(10,21(2,3)4)16-17-25(20,11)22(5,6)7/h16-17,19H,12-14H2,1-11H3. The minimum atomic E-state index is -0.585. The van der Waals surface area contributed by atoms with Crippen molar-refractivity contribution in [1.29, 1.82) is 0 Å². The maximum absolute atomic E-state index is 5.87. The van der Waals surface area contributed by atoms with Crippen LogP contribution in [0.3, 0.4) is 0 Å². The Bertz CT molecular complexity index is 628. The largest absolute Gasteiger partial charge is 0.282 e. The smallest absolute Gasteiger partial charge is 0.157 e. The van der Waals surface area contributed by atoms with E-state index in [1.807, 2.05) is 0 Å². The van der Waals surface area contributed by atoms with Crippen LogP contribution in [0.1, 0.15) is 95.4 Å². The highest BCUT2D eigenvalue weighted by molar-refractivity contribution is 5.39. The van der Waals surface area contributed by atoms with Crippen molar-refractivity contribution >= 4 is 0 Å². The Morgan fingerprint density at radius 3 is 2.00 bits per heavy atom. The van der Waals surface area contributed by atoms with Crippen molar-refractivity contribution in [3.63, 3.8) is 0 Å². The SMILES string of the molecule is CCCCC#COOC(C)(C)C1=CC(C)(C(C)(C)C)C=CC1(C)C(C)(C)C. The second-order valence-corrected chi connectivity index (χ2v) is 10.9. The van der Waals surface area contributed by atoms with Gasteiger partial charge >= 0.3 is 0 Å². The van der Waals surface area contributed by atoms with Crippen molar-refractivity contribution in [2.45, 2.75) is 101 Å². The van der Waals surface area contributed by atoms with Crippen molar-refractivity contribution in [3.05, 3.63) is 23.8 Å². The lowest BCUT2D eigenvalue weighted by molar-refractivity contribution is -0.297. The Morgan fingerprint density at radius 1 is 0.926 bits per heavy atom. The highest BCUT2D eigenvalue weighted by Gasteiger charge is 2.50. The molecule has 2 unspecified atom stereocenters. The van der Waals surface area contributed by atoms with Gasteiger partial charge in [-0.05, 0) is 36.7 Å². The van der Waals surface area contributed by atoms with Gasteiger partial charge in [0.2, 0.25) is 0 Å². The van der Waals surface area contributed by atoms with Crippen LogP contribution in [-0.4, -0.2) is 5.60 Å². The van der Waals surface area contributed by atoms with Crippen molar-refractivity contribution in [1.82, 2.24) is 0 Å². The molecule has 0 saturated heterocycles. The first kappa shape index (κ1) is 23.8. The zero-order valence-electron chi connectivity index (χ0n) is 19.7. The third-order valence-corrected chi connectivity index (χ3v) is 6.61. The molecule has 1 aliphatic carbocycles. The maximum atomic E-state index is 5.87. The molecule has 0 saturated carbocycles. The summed E-state index contributed by atoms with van der Waals surface area (Å²) in [5.74, 6) is 3.02. The average Bonchev–Trinajstić information content (AvgIpc) is 2.51. The summed E-state index contributed by atoms with van der Waals surface area (Å²) in [5.41, 5.74) is 0.615. The van der Waals surface area contributed by atoms with Crippen molar-refractivity contribution in [2.24, 2.45) is 21.7 Å². The number of allylic oxidation sites excluding steroid dienone is 3. The van der Waals surface area contributed by atoms with Gasteiger partial charge in [-0.1, -0.05) is 92.9 Å². The molecule has 0 heterocycles. The molecule has 27 heavy (non-hydrogen) atoms. The number of hydrogen-bond acceptors (Lipinski definition) is 2. The molecule has 0 aliphatic heterocycles. The van der Waals surface area contributed by atoms with Gasteiger partial charge in [-0.25, -0.2) is 0 Å². The Balaban J connectivity index is 3.26. The number of unbranched alkanes of at least 4 members (excludes halogenated alkanes) is 2. The highest BCUT2D eigenvalue weighted by atomic mass is 17.2. The van der Waals surface area contributed by atoms with Crippen LogP contribution in [0.5, 0.6) is 0 Å². The molecule has 2 nitrogen and oxygen atoms in total. The van der Waals surface area contributed by atoms with Crippen molar-refractivity contribution in [2.75, 3.05) is 0 Å². The van der Waals surface area contributed by atoms with E-state index in [4.69, 9.17) is 9.78 Å². The average molecular weight is 375 g/mol. The zero-order valence-corrected chi connectivity index (χ0v) is 19.7.